The number of carbonyl (C=O) groups excluding carboxylic acids is 1. The van der Waals surface area contributed by atoms with Crippen LogP contribution in [0, 0.1) is 19.7 Å². The molecule has 0 fully saturated rings. The fourth-order valence-electron chi connectivity index (χ4n) is 3.74. The van der Waals surface area contributed by atoms with Gasteiger partial charge in [-0.05, 0) is 51.1 Å². The average molecular weight is 468 g/mol. The molecule has 3 heterocycles. The number of aromatic nitrogens is 6. The van der Waals surface area contributed by atoms with Crippen molar-refractivity contribution in [3.05, 3.63) is 58.8 Å². The van der Waals surface area contributed by atoms with E-state index in [9.17, 15) is 9.18 Å². The number of carbonyl (C=O) groups is 1. The van der Waals surface area contributed by atoms with E-state index >= 15 is 0 Å². The normalized spacial score (nSPS) is 11.3. The van der Waals surface area contributed by atoms with E-state index in [0.717, 1.165) is 41.1 Å². The van der Waals surface area contributed by atoms with E-state index in [1.54, 1.807) is 15.5 Å². The number of benzene rings is 1. The highest BCUT2D eigenvalue weighted by Crippen LogP contribution is 2.20. The van der Waals surface area contributed by atoms with Gasteiger partial charge in [0.2, 0.25) is 11.1 Å². The zero-order valence-electron chi connectivity index (χ0n) is 19.1. The smallest absolute Gasteiger partial charge is 0.253 e. The molecular weight excluding hydrogens is 441 g/mol. The lowest BCUT2D eigenvalue weighted by Gasteiger charge is -2.18. The fraction of sp³-hybridized carbons (Fsp3) is 0.348. The molecule has 0 spiro atoms. The predicted molar refractivity (Wildman–Crippen MR) is 126 cm³/mol. The molecule has 33 heavy (non-hydrogen) atoms. The minimum atomic E-state index is -0.287. The maximum atomic E-state index is 13.4. The summed E-state index contributed by atoms with van der Waals surface area (Å²) in [5, 5.41) is 12.4. The van der Waals surface area contributed by atoms with Gasteiger partial charge in [-0.3, -0.25) is 9.89 Å². The lowest BCUT2D eigenvalue weighted by Crippen LogP contribution is -2.30. The van der Waals surface area contributed by atoms with Crippen LogP contribution >= 0.6 is 11.8 Å². The van der Waals surface area contributed by atoms with Crippen LogP contribution in [0.25, 0.3) is 17.0 Å². The number of fused-ring (bicyclic) bond motifs is 1. The molecule has 0 radical (unpaired) electrons. The maximum absolute atomic E-state index is 13.4. The number of thioether (sulfide) groups is 1. The third kappa shape index (κ3) is 5.05. The van der Waals surface area contributed by atoms with Crippen LogP contribution < -0.4 is 0 Å². The lowest BCUT2D eigenvalue weighted by atomic mass is 10.1. The first-order valence-corrected chi connectivity index (χ1v) is 11.9. The monoisotopic (exact) mass is 467 g/mol. The number of hydrogen-bond acceptors (Lipinski definition) is 6. The van der Waals surface area contributed by atoms with Gasteiger partial charge in [0.1, 0.15) is 5.82 Å². The summed E-state index contributed by atoms with van der Waals surface area (Å²) < 4.78 is 15.1. The number of rotatable bonds is 8. The van der Waals surface area contributed by atoms with Crippen molar-refractivity contribution in [2.75, 3.05) is 19.8 Å². The van der Waals surface area contributed by atoms with E-state index < -0.39 is 0 Å². The number of aromatic amines is 1. The number of H-pyrrole nitrogens is 1. The summed E-state index contributed by atoms with van der Waals surface area (Å²) in [4.78, 5) is 23.5. The van der Waals surface area contributed by atoms with Crippen LogP contribution in [0.15, 0.2) is 35.5 Å². The second-order valence-corrected chi connectivity index (χ2v) is 8.73. The van der Waals surface area contributed by atoms with Crippen molar-refractivity contribution in [1.29, 1.82) is 0 Å². The zero-order valence-corrected chi connectivity index (χ0v) is 19.9. The fourth-order valence-corrected chi connectivity index (χ4v) is 4.07. The van der Waals surface area contributed by atoms with Crippen molar-refractivity contribution < 1.29 is 9.18 Å². The molecule has 1 N–H and O–H groups in total. The number of amides is 1. The number of likely N-dealkylation sites (N-methyl/N-ethyl adjacent to an activating group) is 1. The third-order valence-electron chi connectivity index (χ3n) is 5.66. The van der Waals surface area contributed by atoms with E-state index in [4.69, 9.17) is 0 Å². The highest BCUT2D eigenvalue weighted by atomic mass is 32.2. The van der Waals surface area contributed by atoms with E-state index in [1.165, 1.54) is 23.9 Å². The van der Waals surface area contributed by atoms with E-state index in [2.05, 4.69) is 25.3 Å². The van der Waals surface area contributed by atoms with Gasteiger partial charge in [-0.1, -0.05) is 23.9 Å². The first-order valence-electron chi connectivity index (χ1n) is 10.7. The lowest BCUT2D eigenvalue weighted by molar-refractivity contribution is -0.129. The first kappa shape index (κ1) is 22.9. The molecule has 0 bridgehead atoms. The van der Waals surface area contributed by atoms with Crippen molar-refractivity contribution in [2.24, 2.45) is 0 Å². The van der Waals surface area contributed by atoms with Crippen molar-refractivity contribution in [3.63, 3.8) is 0 Å². The Labute approximate surface area is 195 Å². The molecule has 10 heteroatoms. The molecule has 4 rings (SSSR count). The quantitative estimate of drug-likeness (QED) is 0.398. The Hall–Kier alpha value is -3.27. The molecule has 4 aromatic rings. The van der Waals surface area contributed by atoms with Gasteiger partial charge < -0.3 is 4.90 Å². The highest BCUT2D eigenvalue weighted by molar-refractivity contribution is 7.98. The summed E-state index contributed by atoms with van der Waals surface area (Å²) in [6, 6.07) is 8.29. The van der Waals surface area contributed by atoms with Crippen molar-refractivity contribution >= 4 is 23.4 Å². The maximum Gasteiger partial charge on any atom is 0.253 e. The number of aryl methyl sites for hydroxylation is 3. The minimum absolute atomic E-state index is 0.0256. The summed E-state index contributed by atoms with van der Waals surface area (Å²) in [7, 11) is 1.81. The van der Waals surface area contributed by atoms with E-state index in [1.807, 2.05) is 39.3 Å². The predicted octanol–water partition coefficient (Wildman–Crippen LogP) is 3.63. The Bertz CT molecular complexity index is 1300. The molecular formula is C23H26FN7OS. The largest absolute Gasteiger partial charge is 0.345 e. The van der Waals surface area contributed by atoms with Crippen LogP contribution in [0.1, 0.15) is 29.1 Å². The van der Waals surface area contributed by atoms with Crippen molar-refractivity contribution in [3.8, 4) is 11.3 Å². The Balaban J connectivity index is 1.35. The first-order chi connectivity index (χ1) is 15.9. The summed E-state index contributed by atoms with van der Waals surface area (Å²) in [6.45, 7) is 4.45. The number of halogens is 1. The Morgan fingerprint density at radius 2 is 2.06 bits per heavy atom. The van der Waals surface area contributed by atoms with Crippen LogP contribution in [0.2, 0.25) is 0 Å². The molecule has 0 aliphatic carbocycles. The Kier molecular flexibility index (Phi) is 6.73. The topological polar surface area (TPSA) is 92.1 Å². The molecule has 0 unspecified atom stereocenters. The van der Waals surface area contributed by atoms with Gasteiger partial charge >= 0.3 is 0 Å². The van der Waals surface area contributed by atoms with Gasteiger partial charge in [-0.2, -0.15) is 10.1 Å². The summed E-state index contributed by atoms with van der Waals surface area (Å²) in [5.74, 6) is 0.291. The molecule has 0 saturated carbocycles. The van der Waals surface area contributed by atoms with Crippen LogP contribution in [-0.4, -0.2) is 60.4 Å². The van der Waals surface area contributed by atoms with Crippen LogP contribution in [-0.2, 0) is 17.6 Å². The molecule has 8 nitrogen and oxygen atoms in total. The second kappa shape index (κ2) is 9.70. The third-order valence-corrected chi connectivity index (χ3v) is 6.19. The average Bonchev–Trinajstić information content (AvgIpc) is 3.43. The molecule has 0 aliphatic rings. The molecule has 0 atom stereocenters. The number of nitrogens with zero attached hydrogens (tertiary/aromatic N) is 6. The molecule has 3 aromatic heterocycles. The van der Waals surface area contributed by atoms with Gasteiger partial charge in [-0.15, -0.1) is 5.10 Å². The van der Waals surface area contributed by atoms with E-state index in [-0.39, 0.29) is 18.1 Å². The minimum Gasteiger partial charge on any atom is -0.345 e. The second-order valence-electron chi connectivity index (χ2n) is 7.96. The van der Waals surface area contributed by atoms with E-state index in [0.29, 0.717) is 23.2 Å². The number of nitrogens with one attached hydrogen (secondary N) is 1. The summed E-state index contributed by atoms with van der Waals surface area (Å²) in [5.41, 5.74) is 4.95. The Morgan fingerprint density at radius 1 is 1.24 bits per heavy atom. The van der Waals surface area contributed by atoms with Gasteiger partial charge in [0, 0.05) is 41.8 Å². The van der Waals surface area contributed by atoms with Crippen LogP contribution in [0.5, 0.6) is 0 Å². The van der Waals surface area contributed by atoms with Gasteiger partial charge in [0.25, 0.3) is 5.78 Å². The molecule has 0 aliphatic heterocycles. The highest BCUT2D eigenvalue weighted by Gasteiger charge is 2.18. The van der Waals surface area contributed by atoms with Crippen molar-refractivity contribution in [1.82, 2.24) is 34.7 Å². The molecule has 1 aromatic carbocycles. The number of hydrogen-bond donors (Lipinski definition) is 1. The SMILES string of the molecule is CSc1nc2nc(C)c(CC(=O)N(C)CCCc3cc(-c4cccc(F)c4)n[nH]3)c(C)n2n1. The molecule has 172 valence electrons. The Morgan fingerprint density at radius 3 is 2.82 bits per heavy atom. The van der Waals surface area contributed by atoms with Crippen LogP contribution in [0.4, 0.5) is 4.39 Å². The van der Waals surface area contributed by atoms with Crippen LogP contribution in [0.3, 0.4) is 0 Å². The standard InChI is InChI=1S/C23H26FN7OS/c1-14-19(15(2)31-22(25-14)26-23(29-31)33-4)13-21(32)30(3)10-6-9-18-12-20(28-27-18)16-7-5-8-17(24)11-16/h5,7-8,11-12H,6,9-10,13H2,1-4H3,(H,27,28). The summed E-state index contributed by atoms with van der Waals surface area (Å²) >= 11 is 1.46. The van der Waals surface area contributed by atoms with Gasteiger partial charge in [0.15, 0.2) is 0 Å². The zero-order chi connectivity index (χ0) is 23.5. The molecule has 1 amide bonds. The van der Waals surface area contributed by atoms with Gasteiger partial charge in [-0.25, -0.2) is 13.9 Å². The summed E-state index contributed by atoms with van der Waals surface area (Å²) in [6.07, 6.45) is 3.70. The van der Waals surface area contributed by atoms with Gasteiger partial charge in [0.05, 0.1) is 12.1 Å². The van der Waals surface area contributed by atoms with Crippen molar-refractivity contribution in [2.45, 2.75) is 38.3 Å². The molecule has 0 saturated heterocycles.